The van der Waals surface area contributed by atoms with E-state index in [9.17, 15) is 22.8 Å². The fourth-order valence-corrected chi connectivity index (χ4v) is 4.20. The molecule has 1 aliphatic rings. The van der Waals surface area contributed by atoms with Crippen LogP contribution >= 0.6 is 0 Å². The molecule has 1 aliphatic heterocycles. The molecule has 1 aromatic rings. The highest BCUT2D eigenvalue weighted by Crippen LogP contribution is 2.25. The predicted octanol–water partition coefficient (Wildman–Crippen LogP) is 1.19. The summed E-state index contributed by atoms with van der Waals surface area (Å²) < 4.78 is 34.6. The summed E-state index contributed by atoms with van der Waals surface area (Å²) in [5, 5.41) is 2.21. The van der Waals surface area contributed by atoms with Gasteiger partial charge >= 0.3 is 12.1 Å². The molecule has 0 spiro atoms. The Morgan fingerprint density at radius 2 is 1.82 bits per heavy atom. The molecule has 2 rings (SSSR count). The van der Waals surface area contributed by atoms with Crippen LogP contribution in [0.25, 0.3) is 0 Å². The molecule has 0 bridgehead atoms. The van der Waals surface area contributed by atoms with Crippen molar-refractivity contribution >= 4 is 28.0 Å². The smallest absolute Gasteiger partial charge is 0.408 e. The Kier molecular flexibility index (Phi) is 6.65. The van der Waals surface area contributed by atoms with Crippen molar-refractivity contribution in [1.82, 2.24) is 9.62 Å². The molecule has 154 valence electrons. The van der Waals surface area contributed by atoms with Gasteiger partial charge in [0.05, 0.1) is 18.2 Å². The van der Waals surface area contributed by atoms with Gasteiger partial charge in [0.1, 0.15) is 18.8 Å². The quantitative estimate of drug-likeness (QED) is 0.697. The number of nitrogens with zero attached hydrogens (tertiary/aromatic N) is 1. The molecule has 1 heterocycles. The normalized spacial score (nSPS) is 18.0. The molecule has 0 aromatic heterocycles. The average Bonchev–Trinajstić information content (AvgIpc) is 2.56. The van der Waals surface area contributed by atoms with Gasteiger partial charge in [-0.1, -0.05) is 30.3 Å². The van der Waals surface area contributed by atoms with E-state index in [0.29, 0.717) is 4.31 Å². The number of esters is 1. The molecular weight excluding hydrogens is 388 g/mol. The summed E-state index contributed by atoms with van der Waals surface area (Å²) in [6, 6.07) is 8.21. The van der Waals surface area contributed by atoms with Crippen LogP contribution in [0.2, 0.25) is 0 Å². The first kappa shape index (κ1) is 21.7. The second-order valence-electron chi connectivity index (χ2n) is 7.33. The molecule has 1 unspecified atom stereocenters. The van der Waals surface area contributed by atoms with Crippen molar-refractivity contribution in [3.05, 3.63) is 35.9 Å². The van der Waals surface area contributed by atoms with E-state index < -0.39 is 46.2 Å². The first-order valence-corrected chi connectivity index (χ1v) is 10.3. The summed E-state index contributed by atoms with van der Waals surface area (Å²) in [4.78, 5) is 35.8. The van der Waals surface area contributed by atoms with Crippen molar-refractivity contribution in [1.29, 1.82) is 0 Å². The number of carbonyl (C=O) groups excluding carboxylic acids is 3. The zero-order valence-electron chi connectivity index (χ0n) is 16.0. The molecule has 1 aromatic carbocycles. The lowest BCUT2D eigenvalue weighted by atomic mass is 10.2. The highest BCUT2D eigenvalue weighted by atomic mass is 32.2. The van der Waals surface area contributed by atoms with Crippen LogP contribution in [-0.2, 0) is 35.7 Å². The fraction of sp³-hybridized carbons (Fsp3) is 0.500. The number of carbonyl (C=O) groups is 3. The van der Waals surface area contributed by atoms with E-state index in [4.69, 9.17) is 9.47 Å². The maximum atomic E-state index is 12.2. The summed E-state index contributed by atoms with van der Waals surface area (Å²) in [5.74, 6) is -1.77. The van der Waals surface area contributed by atoms with Gasteiger partial charge in [0, 0.05) is 0 Å². The van der Waals surface area contributed by atoms with Crippen LogP contribution in [0.3, 0.4) is 0 Å². The van der Waals surface area contributed by atoms with Crippen molar-refractivity contribution in [2.45, 2.75) is 45.4 Å². The minimum atomic E-state index is -3.78. The predicted molar refractivity (Wildman–Crippen MR) is 99.5 cm³/mol. The molecule has 1 atom stereocenters. The minimum Gasteiger partial charge on any atom is -0.461 e. The van der Waals surface area contributed by atoms with Gasteiger partial charge in [-0.15, -0.1) is 0 Å². The van der Waals surface area contributed by atoms with Crippen LogP contribution in [-0.4, -0.2) is 54.6 Å². The number of sulfonamides is 1. The number of amides is 2. The third-order valence-corrected chi connectivity index (χ3v) is 5.62. The Morgan fingerprint density at radius 3 is 2.39 bits per heavy atom. The lowest BCUT2D eigenvalue weighted by molar-refractivity contribution is -0.146. The van der Waals surface area contributed by atoms with Crippen molar-refractivity contribution in [2.24, 2.45) is 0 Å². The van der Waals surface area contributed by atoms with Crippen LogP contribution in [0.1, 0.15) is 32.8 Å². The average molecular weight is 412 g/mol. The maximum absolute atomic E-state index is 12.2. The molecule has 9 nitrogen and oxygen atoms in total. The van der Waals surface area contributed by atoms with Crippen molar-refractivity contribution < 1.29 is 32.3 Å². The lowest BCUT2D eigenvalue weighted by Crippen LogP contribution is -2.61. The molecule has 1 saturated heterocycles. The molecule has 0 aliphatic carbocycles. The third-order valence-electron chi connectivity index (χ3n) is 3.71. The second kappa shape index (κ2) is 8.59. The zero-order valence-corrected chi connectivity index (χ0v) is 16.8. The number of alkyl carbamates (subject to hydrolysis) is 1. The monoisotopic (exact) mass is 412 g/mol. The topological polar surface area (TPSA) is 119 Å². The lowest BCUT2D eigenvalue weighted by Gasteiger charge is -2.39. The second-order valence-corrected chi connectivity index (χ2v) is 9.22. The van der Waals surface area contributed by atoms with Crippen LogP contribution in [0.4, 0.5) is 4.79 Å². The molecule has 0 saturated carbocycles. The SMILES string of the molecule is CC(C)(C)OC(=O)NCC(=O)N1C(CC(=O)OCc2ccccc2)CS1(=O)=O. The Labute approximate surface area is 164 Å². The van der Waals surface area contributed by atoms with E-state index in [0.717, 1.165) is 5.56 Å². The molecule has 28 heavy (non-hydrogen) atoms. The van der Waals surface area contributed by atoms with Crippen molar-refractivity contribution in [2.75, 3.05) is 12.3 Å². The van der Waals surface area contributed by atoms with Crippen molar-refractivity contribution in [3.63, 3.8) is 0 Å². The number of rotatable bonds is 6. The van der Waals surface area contributed by atoms with Crippen LogP contribution in [0.5, 0.6) is 0 Å². The highest BCUT2D eigenvalue weighted by Gasteiger charge is 2.47. The van der Waals surface area contributed by atoms with Gasteiger partial charge in [-0.25, -0.2) is 17.5 Å². The third kappa shape index (κ3) is 6.22. The Morgan fingerprint density at radius 1 is 1.18 bits per heavy atom. The number of nitrogens with one attached hydrogen (secondary N) is 1. The van der Waals surface area contributed by atoms with E-state index >= 15 is 0 Å². The van der Waals surface area contributed by atoms with Crippen molar-refractivity contribution in [3.8, 4) is 0 Å². The van der Waals surface area contributed by atoms with E-state index in [2.05, 4.69) is 5.32 Å². The first-order valence-electron chi connectivity index (χ1n) is 8.69. The standard InChI is InChI=1S/C18H24N2O7S/c1-18(2,3)27-17(23)19-10-15(21)20-14(12-28(20,24)25)9-16(22)26-11-13-7-5-4-6-8-13/h4-8,14H,9-12H2,1-3H3,(H,19,23). The fourth-order valence-electron chi connectivity index (χ4n) is 2.56. The Bertz CT molecular complexity index is 831. The largest absolute Gasteiger partial charge is 0.461 e. The van der Waals surface area contributed by atoms with E-state index in [1.54, 1.807) is 45.0 Å². The van der Waals surface area contributed by atoms with Gasteiger partial charge in [-0.05, 0) is 26.3 Å². The van der Waals surface area contributed by atoms with E-state index in [-0.39, 0.29) is 18.8 Å². The molecule has 2 amide bonds. The number of benzene rings is 1. The van der Waals surface area contributed by atoms with Crippen LogP contribution < -0.4 is 5.32 Å². The summed E-state index contributed by atoms with van der Waals surface area (Å²) in [7, 11) is -3.78. The molecule has 1 fully saturated rings. The van der Waals surface area contributed by atoms with Gasteiger partial charge < -0.3 is 14.8 Å². The Balaban J connectivity index is 1.85. The maximum Gasteiger partial charge on any atom is 0.408 e. The molecule has 10 heteroatoms. The summed E-state index contributed by atoms with van der Waals surface area (Å²) >= 11 is 0. The Hall–Kier alpha value is -2.62. The molecule has 1 N–H and O–H groups in total. The summed E-state index contributed by atoms with van der Waals surface area (Å²) in [6.07, 6.45) is -1.08. The van der Waals surface area contributed by atoms with Gasteiger partial charge in [-0.3, -0.25) is 9.59 Å². The molecular formula is C18H24N2O7S. The summed E-state index contributed by atoms with van der Waals surface area (Å²) in [5.41, 5.74) is 0.0488. The van der Waals surface area contributed by atoms with Crippen LogP contribution in [0, 0.1) is 0 Å². The van der Waals surface area contributed by atoms with E-state index in [1.165, 1.54) is 0 Å². The first-order chi connectivity index (χ1) is 13.0. The summed E-state index contributed by atoms with van der Waals surface area (Å²) in [6.45, 7) is 4.49. The zero-order chi connectivity index (χ0) is 20.9. The number of hydrogen-bond acceptors (Lipinski definition) is 7. The van der Waals surface area contributed by atoms with Crippen LogP contribution in [0.15, 0.2) is 30.3 Å². The number of hydrogen-bond donors (Lipinski definition) is 1. The minimum absolute atomic E-state index is 0.0628. The highest BCUT2D eigenvalue weighted by molar-refractivity contribution is 7.91. The number of ether oxygens (including phenoxy) is 2. The van der Waals surface area contributed by atoms with Gasteiger partial charge in [0.25, 0.3) is 5.91 Å². The van der Waals surface area contributed by atoms with Gasteiger partial charge in [-0.2, -0.15) is 0 Å². The molecule has 0 radical (unpaired) electrons. The van der Waals surface area contributed by atoms with Gasteiger partial charge in [0.15, 0.2) is 0 Å². The van der Waals surface area contributed by atoms with E-state index in [1.807, 2.05) is 6.07 Å². The van der Waals surface area contributed by atoms with Gasteiger partial charge in [0.2, 0.25) is 10.0 Å².